The Morgan fingerprint density at radius 2 is 1.90 bits per heavy atom. The average molecular weight is 542 g/mol. The van der Waals surface area contributed by atoms with Gasteiger partial charge in [0.25, 0.3) is 5.91 Å². The SMILES string of the molecule is Cc1c(Br)cc(C(C)C)c(OCC(=O)N/N=C/c2ccccc2OCC(=O)O)c1Br. The van der Waals surface area contributed by atoms with Crippen molar-refractivity contribution in [1.82, 2.24) is 5.43 Å². The smallest absolute Gasteiger partial charge is 0.341 e. The zero-order valence-corrected chi connectivity index (χ0v) is 19.9. The van der Waals surface area contributed by atoms with E-state index in [-0.39, 0.29) is 12.5 Å². The number of carbonyl (C=O) groups is 2. The second-order valence-corrected chi connectivity index (χ2v) is 8.32. The first kappa shape index (κ1) is 23.9. The Kier molecular flexibility index (Phi) is 8.86. The van der Waals surface area contributed by atoms with Gasteiger partial charge < -0.3 is 14.6 Å². The van der Waals surface area contributed by atoms with E-state index in [1.807, 2.05) is 26.8 Å². The molecule has 0 unspecified atom stereocenters. The van der Waals surface area contributed by atoms with Crippen LogP contribution in [0.3, 0.4) is 0 Å². The fourth-order valence-electron chi connectivity index (χ4n) is 2.49. The molecule has 160 valence electrons. The van der Waals surface area contributed by atoms with Gasteiger partial charge in [0.2, 0.25) is 0 Å². The first-order valence-corrected chi connectivity index (χ1v) is 10.7. The molecule has 0 atom stereocenters. The third-order valence-electron chi connectivity index (χ3n) is 4.06. The van der Waals surface area contributed by atoms with Crippen molar-refractivity contribution < 1.29 is 24.2 Å². The van der Waals surface area contributed by atoms with Crippen molar-refractivity contribution >= 4 is 50.0 Å². The highest BCUT2D eigenvalue weighted by atomic mass is 79.9. The number of nitrogens with one attached hydrogen (secondary N) is 1. The van der Waals surface area contributed by atoms with Gasteiger partial charge in [0.1, 0.15) is 11.5 Å². The number of benzene rings is 2. The largest absolute Gasteiger partial charge is 0.482 e. The van der Waals surface area contributed by atoms with Crippen LogP contribution < -0.4 is 14.9 Å². The molecule has 9 heteroatoms. The molecule has 0 aliphatic carbocycles. The topological polar surface area (TPSA) is 97.2 Å². The lowest BCUT2D eigenvalue weighted by Gasteiger charge is -2.18. The van der Waals surface area contributed by atoms with Crippen LogP contribution >= 0.6 is 31.9 Å². The Labute approximate surface area is 191 Å². The van der Waals surface area contributed by atoms with Gasteiger partial charge in [-0.25, -0.2) is 10.2 Å². The lowest BCUT2D eigenvalue weighted by atomic mass is 10.0. The van der Waals surface area contributed by atoms with Crippen molar-refractivity contribution in [3.05, 3.63) is 56.0 Å². The number of ether oxygens (including phenoxy) is 2. The standard InChI is InChI=1S/C21H22Br2N2O5/c1-12(2)15-8-16(22)13(3)20(23)21(15)30-10-18(26)25-24-9-14-6-4-5-7-17(14)29-11-19(27)28/h4-9,12H,10-11H2,1-3H3,(H,25,26)(H,27,28)/b24-9+. The third kappa shape index (κ3) is 6.56. The molecule has 2 N–H and O–H groups in total. The molecular weight excluding hydrogens is 520 g/mol. The summed E-state index contributed by atoms with van der Waals surface area (Å²) in [5.41, 5.74) is 4.88. The first-order valence-electron chi connectivity index (χ1n) is 9.07. The van der Waals surface area contributed by atoms with E-state index < -0.39 is 18.5 Å². The van der Waals surface area contributed by atoms with E-state index in [9.17, 15) is 9.59 Å². The summed E-state index contributed by atoms with van der Waals surface area (Å²) in [5.74, 6) is -0.335. The molecule has 0 bridgehead atoms. The van der Waals surface area contributed by atoms with Crippen LogP contribution in [0.4, 0.5) is 0 Å². The number of carboxylic acid groups (broad SMARTS) is 1. The number of carboxylic acids is 1. The van der Waals surface area contributed by atoms with Gasteiger partial charge in [-0.05, 0) is 58.1 Å². The van der Waals surface area contributed by atoms with E-state index in [1.54, 1.807) is 24.3 Å². The quantitative estimate of drug-likeness (QED) is 0.356. The van der Waals surface area contributed by atoms with Gasteiger partial charge in [0.05, 0.1) is 10.7 Å². The Morgan fingerprint density at radius 3 is 2.57 bits per heavy atom. The predicted octanol–water partition coefficient (Wildman–Crippen LogP) is 4.64. The van der Waals surface area contributed by atoms with Crippen LogP contribution in [0.2, 0.25) is 0 Å². The highest BCUT2D eigenvalue weighted by Gasteiger charge is 2.17. The minimum atomic E-state index is -1.08. The van der Waals surface area contributed by atoms with Crippen molar-refractivity contribution in [3.8, 4) is 11.5 Å². The minimum absolute atomic E-state index is 0.205. The molecule has 0 aliphatic heterocycles. The Bertz CT molecular complexity index is 961. The molecule has 0 radical (unpaired) electrons. The Morgan fingerprint density at radius 1 is 1.20 bits per heavy atom. The molecule has 2 rings (SSSR count). The number of halogens is 2. The first-order chi connectivity index (χ1) is 14.2. The maximum Gasteiger partial charge on any atom is 0.341 e. The summed E-state index contributed by atoms with van der Waals surface area (Å²) in [5, 5.41) is 12.6. The fraction of sp³-hybridized carbons (Fsp3) is 0.286. The van der Waals surface area contributed by atoms with Gasteiger partial charge in [-0.1, -0.05) is 41.9 Å². The molecule has 1 amide bonds. The number of rotatable bonds is 9. The molecule has 2 aromatic rings. The average Bonchev–Trinajstić information content (AvgIpc) is 2.70. The van der Waals surface area contributed by atoms with Gasteiger partial charge in [-0.2, -0.15) is 5.10 Å². The van der Waals surface area contributed by atoms with E-state index in [4.69, 9.17) is 14.6 Å². The van der Waals surface area contributed by atoms with Crippen LogP contribution in [0.5, 0.6) is 11.5 Å². The molecule has 0 fully saturated rings. The van der Waals surface area contributed by atoms with E-state index in [2.05, 4.69) is 42.4 Å². The van der Waals surface area contributed by atoms with Crippen molar-refractivity contribution in [2.75, 3.05) is 13.2 Å². The number of hydrazone groups is 1. The molecule has 0 heterocycles. The Hall–Kier alpha value is -2.39. The number of para-hydroxylation sites is 1. The highest BCUT2D eigenvalue weighted by molar-refractivity contribution is 9.11. The number of aliphatic carboxylic acids is 1. The van der Waals surface area contributed by atoms with Gasteiger partial charge in [-0.3, -0.25) is 4.79 Å². The molecule has 7 nitrogen and oxygen atoms in total. The van der Waals surface area contributed by atoms with Gasteiger partial charge >= 0.3 is 5.97 Å². The number of nitrogens with zero attached hydrogens (tertiary/aromatic N) is 1. The van der Waals surface area contributed by atoms with Gasteiger partial charge in [-0.15, -0.1) is 0 Å². The number of hydrogen-bond donors (Lipinski definition) is 2. The highest BCUT2D eigenvalue weighted by Crippen LogP contribution is 2.40. The number of amides is 1. The van der Waals surface area contributed by atoms with Crippen molar-refractivity contribution in [2.45, 2.75) is 26.7 Å². The van der Waals surface area contributed by atoms with Crippen LogP contribution in [0.25, 0.3) is 0 Å². The molecule has 0 aliphatic rings. The zero-order valence-electron chi connectivity index (χ0n) is 16.7. The summed E-state index contributed by atoms with van der Waals surface area (Å²) in [6.07, 6.45) is 1.38. The fourth-order valence-corrected chi connectivity index (χ4v) is 3.76. The van der Waals surface area contributed by atoms with Crippen LogP contribution in [0.1, 0.15) is 36.5 Å². The monoisotopic (exact) mass is 540 g/mol. The zero-order chi connectivity index (χ0) is 22.3. The summed E-state index contributed by atoms with van der Waals surface area (Å²) in [6, 6.07) is 8.77. The molecule has 0 saturated carbocycles. The van der Waals surface area contributed by atoms with Crippen LogP contribution in [0.15, 0.2) is 44.4 Å². The van der Waals surface area contributed by atoms with Crippen LogP contribution in [0, 0.1) is 6.92 Å². The summed E-state index contributed by atoms with van der Waals surface area (Å²) in [6.45, 7) is 5.35. The summed E-state index contributed by atoms with van der Waals surface area (Å²) in [4.78, 5) is 22.8. The van der Waals surface area contributed by atoms with Crippen molar-refractivity contribution in [1.29, 1.82) is 0 Å². The van der Waals surface area contributed by atoms with Crippen LogP contribution in [-0.4, -0.2) is 36.4 Å². The third-order valence-corrected chi connectivity index (χ3v) is 5.84. The summed E-state index contributed by atoms with van der Waals surface area (Å²) < 4.78 is 12.7. The van der Waals surface area contributed by atoms with Gasteiger partial charge in [0.15, 0.2) is 13.2 Å². The molecule has 0 saturated heterocycles. The van der Waals surface area contributed by atoms with E-state index >= 15 is 0 Å². The lowest BCUT2D eigenvalue weighted by molar-refractivity contribution is -0.139. The molecule has 2 aromatic carbocycles. The maximum absolute atomic E-state index is 12.2. The number of carbonyl (C=O) groups excluding carboxylic acids is 1. The second-order valence-electron chi connectivity index (χ2n) is 6.67. The van der Waals surface area contributed by atoms with Crippen molar-refractivity contribution in [2.24, 2.45) is 5.10 Å². The maximum atomic E-state index is 12.2. The molecule has 0 aromatic heterocycles. The molecule has 30 heavy (non-hydrogen) atoms. The second kappa shape index (κ2) is 11.1. The molecule has 0 spiro atoms. The van der Waals surface area contributed by atoms with Crippen LogP contribution in [-0.2, 0) is 9.59 Å². The molecular formula is C21H22Br2N2O5. The van der Waals surface area contributed by atoms with Gasteiger partial charge in [0, 0.05) is 10.0 Å². The van der Waals surface area contributed by atoms with E-state index in [0.29, 0.717) is 17.1 Å². The van der Waals surface area contributed by atoms with E-state index in [0.717, 1.165) is 20.1 Å². The number of hydrogen-bond acceptors (Lipinski definition) is 5. The normalized spacial score (nSPS) is 11.0. The van der Waals surface area contributed by atoms with E-state index in [1.165, 1.54) is 6.21 Å². The minimum Gasteiger partial charge on any atom is -0.482 e. The van der Waals surface area contributed by atoms with Crippen molar-refractivity contribution in [3.63, 3.8) is 0 Å². The lowest BCUT2D eigenvalue weighted by Crippen LogP contribution is -2.25. The summed E-state index contributed by atoms with van der Waals surface area (Å²) in [7, 11) is 0. The summed E-state index contributed by atoms with van der Waals surface area (Å²) >= 11 is 7.08. The Balaban J connectivity index is 2.02. The predicted molar refractivity (Wildman–Crippen MR) is 121 cm³/mol.